The monoisotopic (exact) mass is 382 g/mol. The summed E-state index contributed by atoms with van der Waals surface area (Å²) in [5.41, 5.74) is 0.910. The molecule has 0 spiro atoms. The molecule has 1 amide bonds. The number of sulfonamides is 1. The van der Waals surface area contributed by atoms with Gasteiger partial charge in [0.25, 0.3) is 0 Å². The lowest BCUT2D eigenvalue weighted by Crippen LogP contribution is -2.40. The van der Waals surface area contributed by atoms with Gasteiger partial charge in [0.15, 0.2) is 0 Å². The Kier molecular flexibility index (Phi) is 7.16. The predicted octanol–water partition coefficient (Wildman–Crippen LogP) is 1.63. The number of amides is 1. The van der Waals surface area contributed by atoms with Crippen LogP contribution in [0.1, 0.15) is 37.7 Å². The van der Waals surface area contributed by atoms with Gasteiger partial charge in [-0.25, -0.2) is 13.1 Å². The number of likely N-dealkylation sites (tertiary alicyclic amines) is 1. The summed E-state index contributed by atoms with van der Waals surface area (Å²) in [6.07, 6.45) is 3.55. The topological polar surface area (TPSA) is 104 Å². The number of nitrogens with zero attached hydrogens (tertiary/aromatic N) is 1. The van der Waals surface area contributed by atoms with E-state index >= 15 is 0 Å². The number of aryl methyl sites for hydroxylation is 1. The van der Waals surface area contributed by atoms with E-state index in [1.807, 2.05) is 4.90 Å². The maximum absolute atomic E-state index is 12.4. The van der Waals surface area contributed by atoms with Crippen molar-refractivity contribution >= 4 is 21.9 Å². The van der Waals surface area contributed by atoms with Crippen LogP contribution in [0.3, 0.4) is 0 Å². The zero-order valence-corrected chi connectivity index (χ0v) is 15.8. The van der Waals surface area contributed by atoms with Crippen LogP contribution in [0.5, 0.6) is 0 Å². The molecular weight excluding hydrogens is 356 g/mol. The largest absolute Gasteiger partial charge is 0.481 e. The molecule has 2 N–H and O–H groups in total. The van der Waals surface area contributed by atoms with Crippen LogP contribution in [-0.4, -0.2) is 50.4 Å². The van der Waals surface area contributed by atoms with E-state index in [1.54, 1.807) is 12.1 Å². The number of carbonyl (C=O) groups excluding carboxylic acids is 1. The lowest BCUT2D eigenvalue weighted by Gasteiger charge is -2.32. The molecule has 0 aliphatic carbocycles. The maximum Gasteiger partial charge on any atom is 0.303 e. The summed E-state index contributed by atoms with van der Waals surface area (Å²) in [6, 6.07) is 6.52. The van der Waals surface area contributed by atoms with Crippen molar-refractivity contribution in [3.63, 3.8) is 0 Å². The second-order valence-corrected chi connectivity index (χ2v) is 8.52. The van der Waals surface area contributed by atoms with Gasteiger partial charge >= 0.3 is 5.97 Å². The van der Waals surface area contributed by atoms with E-state index in [4.69, 9.17) is 5.11 Å². The van der Waals surface area contributed by atoms with Crippen molar-refractivity contribution in [2.75, 3.05) is 20.1 Å². The van der Waals surface area contributed by atoms with Crippen LogP contribution in [0.15, 0.2) is 29.2 Å². The Bertz CT molecular complexity index is 730. The molecule has 1 saturated heterocycles. The molecule has 0 saturated carbocycles. The fourth-order valence-electron chi connectivity index (χ4n) is 3.22. The second kappa shape index (κ2) is 9.14. The molecule has 1 atom stereocenters. The van der Waals surface area contributed by atoms with Gasteiger partial charge in [-0.3, -0.25) is 9.59 Å². The first-order valence-corrected chi connectivity index (χ1v) is 10.3. The molecule has 2 rings (SSSR count). The minimum absolute atomic E-state index is 0.0666. The molecule has 26 heavy (non-hydrogen) atoms. The molecule has 1 aliphatic heterocycles. The summed E-state index contributed by atoms with van der Waals surface area (Å²) in [4.78, 5) is 25.2. The Balaban J connectivity index is 1.85. The van der Waals surface area contributed by atoms with Gasteiger partial charge in [0.2, 0.25) is 15.9 Å². The molecule has 8 heteroatoms. The van der Waals surface area contributed by atoms with Crippen LogP contribution in [0.4, 0.5) is 0 Å². The van der Waals surface area contributed by atoms with Gasteiger partial charge in [-0.1, -0.05) is 12.1 Å². The number of benzene rings is 1. The third-order valence-corrected chi connectivity index (χ3v) is 6.20. The number of carboxylic acid groups (broad SMARTS) is 1. The zero-order valence-electron chi connectivity index (χ0n) is 15.0. The molecule has 1 fully saturated rings. The van der Waals surface area contributed by atoms with E-state index < -0.39 is 16.0 Å². The quantitative estimate of drug-likeness (QED) is 0.711. The van der Waals surface area contributed by atoms with E-state index in [9.17, 15) is 18.0 Å². The first-order valence-electron chi connectivity index (χ1n) is 8.84. The molecule has 1 aromatic rings. The van der Waals surface area contributed by atoms with Crippen LogP contribution >= 0.6 is 0 Å². The number of carbonyl (C=O) groups is 2. The number of nitrogens with one attached hydrogen (secondary N) is 1. The van der Waals surface area contributed by atoms with Crippen molar-refractivity contribution in [1.29, 1.82) is 0 Å². The second-order valence-electron chi connectivity index (χ2n) is 6.63. The summed E-state index contributed by atoms with van der Waals surface area (Å²) in [6.45, 7) is 1.35. The van der Waals surface area contributed by atoms with Crippen LogP contribution < -0.4 is 4.72 Å². The number of hydrogen-bond donors (Lipinski definition) is 2. The van der Waals surface area contributed by atoms with Gasteiger partial charge in [-0.15, -0.1) is 0 Å². The van der Waals surface area contributed by atoms with E-state index in [-0.39, 0.29) is 23.1 Å². The molecule has 7 nitrogen and oxygen atoms in total. The van der Waals surface area contributed by atoms with Crippen molar-refractivity contribution in [2.24, 2.45) is 5.92 Å². The van der Waals surface area contributed by atoms with E-state index in [1.165, 1.54) is 19.2 Å². The molecule has 1 unspecified atom stereocenters. The van der Waals surface area contributed by atoms with E-state index in [0.717, 1.165) is 24.9 Å². The number of piperidine rings is 1. The predicted molar refractivity (Wildman–Crippen MR) is 97.2 cm³/mol. The molecule has 0 radical (unpaired) electrons. The lowest BCUT2D eigenvalue weighted by molar-refractivity contribution is -0.137. The van der Waals surface area contributed by atoms with Gasteiger partial charge in [-0.2, -0.15) is 0 Å². The van der Waals surface area contributed by atoms with Crippen molar-refractivity contribution in [3.05, 3.63) is 29.8 Å². The number of aliphatic carboxylic acids is 1. The summed E-state index contributed by atoms with van der Waals surface area (Å²) in [5, 5.41) is 8.79. The van der Waals surface area contributed by atoms with Crippen molar-refractivity contribution < 1.29 is 23.1 Å². The van der Waals surface area contributed by atoms with Gasteiger partial charge in [0.05, 0.1) is 4.90 Å². The summed E-state index contributed by atoms with van der Waals surface area (Å²) >= 11 is 0. The smallest absolute Gasteiger partial charge is 0.303 e. The minimum Gasteiger partial charge on any atom is -0.481 e. The average Bonchev–Trinajstić information content (AvgIpc) is 2.65. The third kappa shape index (κ3) is 5.81. The highest BCUT2D eigenvalue weighted by molar-refractivity contribution is 7.89. The number of rotatable bonds is 8. The lowest BCUT2D eigenvalue weighted by atomic mass is 9.93. The Morgan fingerprint density at radius 1 is 1.23 bits per heavy atom. The van der Waals surface area contributed by atoms with E-state index in [0.29, 0.717) is 25.8 Å². The Morgan fingerprint density at radius 3 is 2.54 bits per heavy atom. The van der Waals surface area contributed by atoms with E-state index in [2.05, 4.69) is 4.72 Å². The van der Waals surface area contributed by atoms with Crippen LogP contribution in [-0.2, 0) is 26.0 Å². The molecular formula is C18H26N2O5S. The average molecular weight is 382 g/mol. The van der Waals surface area contributed by atoms with Crippen molar-refractivity contribution in [3.8, 4) is 0 Å². The number of carboxylic acids is 1. The van der Waals surface area contributed by atoms with Gasteiger partial charge < -0.3 is 10.0 Å². The highest BCUT2D eigenvalue weighted by Crippen LogP contribution is 2.22. The van der Waals surface area contributed by atoms with Crippen LogP contribution in [0, 0.1) is 5.92 Å². The Morgan fingerprint density at radius 2 is 1.92 bits per heavy atom. The molecule has 1 aliphatic rings. The fraction of sp³-hybridized carbons (Fsp3) is 0.556. The standard InChI is InChI=1S/C18H26N2O5S/c1-19-26(24,25)16-8-4-14(5-9-16)6-10-17(21)20-12-2-3-15(13-20)7-11-18(22)23/h4-5,8-9,15,19H,2-3,6-7,10-13H2,1H3,(H,22,23). The molecule has 144 valence electrons. The third-order valence-electron chi connectivity index (χ3n) is 4.77. The fourth-order valence-corrected chi connectivity index (χ4v) is 3.95. The van der Waals surface area contributed by atoms with Crippen molar-refractivity contribution in [1.82, 2.24) is 9.62 Å². The molecule has 1 heterocycles. The van der Waals surface area contributed by atoms with Crippen LogP contribution in [0.2, 0.25) is 0 Å². The summed E-state index contributed by atoms with van der Waals surface area (Å²) < 4.78 is 25.7. The molecule has 1 aromatic carbocycles. The molecule has 0 aromatic heterocycles. The highest BCUT2D eigenvalue weighted by Gasteiger charge is 2.23. The minimum atomic E-state index is -3.45. The first-order chi connectivity index (χ1) is 12.3. The van der Waals surface area contributed by atoms with Gasteiger partial charge in [-0.05, 0) is 56.3 Å². The SMILES string of the molecule is CNS(=O)(=O)c1ccc(CCC(=O)N2CCCC(CCC(=O)O)C2)cc1. The summed E-state index contributed by atoms with van der Waals surface area (Å²) in [7, 11) is -2.08. The van der Waals surface area contributed by atoms with Crippen LogP contribution in [0.25, 0.3) is 0 Å². The highest BCUT2D eigenvalue weighted by atomic mass is 32.2. The Hall–Kier alpha value is -1.93. The normalized spacial score (nSPS) is 17.9. The van der Waals surface area contributed by atoms with Gasteiger partial charge in [0.1, 0.15) is 0 Å². The van der Waals surface area contributed by atoms with Crippen molar-refractivity contribution in [2.45, 2.75) is 43.4 Å². The van der Waals surface area contributed by atoms with Gasteiger partial charge in [0, 0.05) is 25.9 Å². The zero-order chi connectivity index (χ0) is 19.2. The Labute approximate surface area is 154 Å². The summed E-state index contributed by atoms with van der Waals surface area (Å²) in [5.74, 6) is -0.469. The first kappa shape index (κ1) is 20.4. The number of hydrogen-bond acceptors (Lipinski definition) is 4. The maximum atomic E-state index is 12.4. The molecule has 0 bridgehead atoms.